The summed E-state index contributed by atoms with van der Waals surface area (Å²) in [4.78, 5) is 23.4. The fourth-order valence-corrected chi connectivity index (χ4v) is 2.25. The number of carbonyl (C=O) groups excluding carboxylic acids is 1. The lowest BCUT2D eigenvalue weighted by Crippen LogP contribution is -2.13. The fraction of sp³-hybridized carbons (Fsp3) is 0.300. The molecule has 0 aromatic heterocycles. The van der Waals surface area contributed by atoms with Crippen molar-refractivity contribution in [2.75, 3.05) is 5.32 Å². The summed E-state index contributed by atoms with van der Waals surface area (Å²) in [5.41, 5.74) is 2.75. The summed E-state index contributed by atoms with van der Waals surface area (Å²) in [5.74, 6) is -1.77. The van der Waals surface area contributed by atoms with Crippen molar-refractivity contribution in [2.24, 2.45) is 0 Å². The average Bonchev–Trinajstić information content (AvgIpc) is 2.59. The number of amides is 1. The molecule has 0 bridgehead atoms. The molecule has 0 saturated carbocycles. The number of hydrogen-bond acceptors (Lipinski definition) is 3. The zero-order valence-electron chi connectivity index (χ0n) is 14.7. The molecule has 1 amide bonds. The van der Waals surface area contributed by atoms with Crippen LogP contribution in [0.5, 0.6) is 0 Å². The van der Waals surface area contributed by atoms with E-state index in [9.17, 15) is 9.59 Å². The molecule has 5 heteroatoms. The number of rotatable bonds is 7. The van der Waals surface area contributed by atoms with Crippen molar-refractivity contribution in [3.8, 4) is 0 Å². The van der Waals surface area contributed by atoms with Crippen LogP contribution in [0.2, 0.25) is 0 Å². The first-order chi connectivity index (χ1) is 11.9. The molecular weight excluding hydrogens is 318 g/mol. The number of ether oxygens (including phenoxy) is 1. The molecule has 5 nitrogen and oxygen atoms in total. The minimum absolute atomic E-state index is 0.156. The summed E-state index contributed by atoms with van der Waals surface area (Å²) in [7, 11) is 0. The molecule has 0 radical (unpaired) electrons. The van der Waals surface area contributed by atoms with Gasteiger partial charge in [0.25, 0.3) is 5.91 Å². The van der Waals surface area contributed by atoms with E-state index in [0.29, 0.717) is 23.4 Å². The maximum Gasteiger partial charge on any atom is 0.310 e. The zero-order valence-corrected chi connectivity index (χ0v) is 14.7. The first kappa shape index (κ1) is 18.7. The van der Waals surface area contributed by atoms with Crippen LogP contribution in [0.3, 0.4) is 0 Å². The van der Waals surface area contributed by atoms with Crippen molar-refractivity contribution >= 4 is 17.6 Å². The number of nitrogens with one attached hydrogen (secondary N) is 1. The van der Waals surface area contributed by atoms with E-state index in [4.69, 9.17) is 9.84 Å². The predicted molar refractivity (Wildman–Crippen MR) is 96.8 cm³/mol. The molecule has 1 unspecified atom stereocenters. The van der Waals surface area contributed by atoms with E-state index in [2.05, 4.69) is 5.32 Å². The maximum atomic E-state index is 12.3. The van der Waals surface area contributed by atoms with Gasteiger partial charge in [0.1, 0.15) is 0 Å². The Morgan fingerprint density at radius 1 is 1.08 bits per heavy atom. The largest absolute Gasteiger partial charge is 0.481 e. The van der Waals surface area contributed by atoms with Gasteiger partial charge < -0.3 is 15.2 Å². The predicted octanol–water partition coefficient (Wildman–Crippen LogP) is 4.05. The van der Waals surface area contributed by atoms with Crippen molar-refractivity contribution in [2.45, 2.75) is 39.4 Å². The van der Waals surface area contributed by atoms with Crippen LogP contribution in [0.4, 0.5) is 5.69 Å². The number of anilines is 1. The highest BCUT2D eigenvalue weighted by Gasteiger charge is 2.14. The monoisotopic (exact) mass is 341 g/mol. The summed E-state index contributed by atoms with van der Waals surface area (Å²) >= 11 is 0. The van der Waals surface area contributed by atoms with Crippen LogP contribution in [0.25, 0.3) is 0 Å². The summed E-state index contributed by atoms with van der Waals surface area (Å²) < 4.78 is 5.53. The smallest absolute Gasteiger partial charge is 0.310 e. The Labute approximate surface area is 147 Å². The number of hydrogen-bond donors (Lipinski definition) is 2. The second-order valence-electron chi connectivity index (χ2n) is 6.20. The third-order valence-electron chi connectivity index (χ3n) is 3.81. The lowest BCUT2D eigenvalue weighted by Gasteiger charge is -2.11. The summed E-state index contributed by atoms with van der Waals surface area (Å²) in [6.45, 7) is 6.07. The van der Waals surface area contributed by atoms with Gasteiger partial charge in [-0.2, -0.15) is 0 Å². The number of benzene rings is 2. The van der Waals surface area contributed by atoms with Gasteiger partial charge in [0, 0.05) is 11.3 Å². The van der Waals surface area contributed by atoms with Gasteiger partial charge in [-0.15, -0.1) is 0 Å². The molecule has 0 spiro atoms. The summed E-state index contributed by atoms with van der Waals surface area (Å²) in [6, 6.07) is 14.1. The van der Waals surface area contributed by atoms with Gasteiger partial charge in [-0.05, 0) is 56.2 Å². The van der Waals surface area contributed by atoms with Crippen LogP contribution in [0.1, 0.15) is 48.2 Å². The molecule has 2 aromatic carbocycles. The van der Waals surface area contributed by atoms with E-state index >= 15 is 0 Å². The second kappa shape index (κ2) is 8.44. The molecule has 2 rings (SSSR count). The van der Waals surface area contributed by atoms with Gasteiger partial charge in [0.2, 0.25) is 0 Å². The van der Waals surface area contributed by atoms with Crippen molar-refractivity contribution in [3.63, 3.8) is 0 Å². The number of carbonyl (C=O) groups is 2. The Morgan fingerprint density at radius 3 is 2.36 bits per heavy atom. The molecule has 2 N–H and O–H groups in total. The minimum Gasteiger partial charge on any atom is -0.481 e. The first-order valence-corrected chi connectivity index (χ1v) is 8.21. The number of carboxylic acids is 1. The summed E-state index contributed by atoms with van der Waals surface area (Å²) in [6.07, 6.45) is 0.156. The van der Waals surface area contributed by atoms with Gasteiger partial charge in [0.05, 0.1) is 18.6 Å². The Kier molecular flexibility index (Phi) is 6.31. The maximum absolute atomic E-state index is 12.3. The highest BCUT2D eigenvalue weighted by Crippen LogP contribution is 2.20. The molecule has 2 aromatic rings. The van der Waals surface area contributed by atoms with Crippen LogP contribution in [0, 0.1) is 0 Å². The lowest BCUT2D eigenvalue weighted by molar-refractivity contribution is -0.138. The molecule has 0 saturated heterocycles. The zero-order chi connectivity index (χ0) is 18.4. The molecule has 132 valence electrons. The Bertz CT molecular complexity index is 738. The Morgan fingerprint density at radius 2 is 1.76 bits per heavy atom. The molecule has 0 fully saturated rings. The lowest BCUT2D eigenvalue weighted by atomic mass is 10.0. The summed E-state index contributed by atoms with van der Waals surface area (Å²) in [5, 5.41) is 11.9. The minimum atomic E-state index is -0.900. The third kappa shape index (κ3) is 5.43. The topological polar surface area (TPSA) is 75.6 Å². The molecule has 0 heterocycles. The normalized spacial score (nSPS) is 12.0. The van der Waals surface area contributed by atoms with Crippen molar-refractivity contribution in [1.29, 1.82) is 0 Å². The highest BCUT2D eigenvalue weighted by atomic mass is 16.5. The standard InChI is InChI=1S/C20H23NO4/c1-13(2)25-12-15-7-9-16(10-8-15)19(22)21-18-6-4-5-17(11-18)14(3)20(23)24/h4-11,13-14H,12H2,1-3H3,(H,21,22)(H,23,24). The number of carboxylic acid groups (broad SMARTS) is 1. The second-order valence-corrected chi connectivity index (χ2v) is 6.20. The third-order valence-corrected chi connectivity index (χ3v) is 3.81. The van der Waals surface area contributed by atoms with Gasteiger partial charge in [0.15, 0.2) is 0 Å². The van der Waals surface area contributed by atoms with Crippen LogP contribution in [0.15, 0.2) is 48.5 Å². The van der Waals surface area contributed by atoms with Gasteiger partial charge in [-0.25, -0.2) is 0 Å². The molecular formula is C20H23NO4. The van der Waals surface area contributed by atoms with Gasteiger partial charge >= 0.3 is 5.97 Å². The molecule has 0 aliphatic carbocycles. The quantitative estimate of drug-likeness (QED) is 0.796. The van der Waals surface area contributed by atoms with Crippen LogP contribution >= 0.6 is 0 Å². The average molecular weight is 341 g/mol. The molecule has 0 aliphatic rings. The van der Waals surface area contributed by atoms with Crippen LogP contribution in [-0.4, -0.2) is 23.1 Å². The van der Waals surface area contributed by atoms with Gasteiger partial charge in [-0.1, -0.05) is 24.3 Å². The SMILES string of the molecule is CC(C)OCc1ccc(C(=O)Nc2cccc(C(C)C(=O)O)c2)cc1. The van der Waals surface area contributed by atoms with Crippen LogP contribution < -0.4 is 5.32 Å². The van der Waals surface area contributed by atoms with E-state index < -0.39 is 11.9 Å². The van der Waals surface area contributed by atoms with E-state index in [1.54, 1.807) is 43.3 Å². The van der Waals surface area contributed by atoms with Crippen LogP contribution in [-0.2, 0) is 16.1 Å². The van der Waals surface area contributed by atoms with E-state index in [1.165, 1.54) is 0 Å². The van der Waals surface area contributed by atoms with Crippen molar-refractivity contribution in [1.82, 2.24) is 0 Å². The fourth-order valence-electron chi connectivity index (χ4n) is 2.25. The Balaban J connectivity index is 2.04. The molecule has 25 heavy (non-hydrogen) atoms. The Hall–Kier alpha value is -2.66. The van der Waals surface area contributed by atoms with Crippen molar-refractivity contribution < 1.29 is 19.4 Å². The van der Waals surface area contributed by atoms with E-state index in [1.807, 2.05) is 26.0 Å². The first-order valence-electron chi connectivity index (χ1n) is 8.21. The number of aliphatic carboxylic acids is 1. The van der Waals surface area contributed by atoms with Gasteiger partial charge in [-0.3, -0.25) is 9.59 Å². The van der Waals surface area contributed by atoms with Crippen molar-refractivity contribution in [3.05, 3.63) is 65.2 Å². The molecule has 1 atom stereocenters. The van der Waals surface area contributed by atoms with E-state index in [0.717, 1.165) is 5.56 Å². The van der Waals surface area contributed by atoms with E-state index in [-0.39, 0.29) is 12.0 Å². The highest BCUT2D eigenvalue weighted by molar-refractivity contribution is 6.04. The molecule has 0 aliphatic heterocycles.